The van der Waals surface area contributed by atoms with Crippen LogP contribution in [0.4, 0.5) is 8.78 Å². The van der Waals surface area contributed by atoms with E-state index in [0.29, 0.717) is 24.1 Å². The van der Waals surface area contributed by atoms with E-state index in [1.165, 1.54) is 29.9 Å². The highest BCUT2D eigenvalue weighted by atomic mass is 19.1. The Hall–Kier alpha value is -2.18. The molecule has 2 aliphatic rings. The monoisotopic (exact) mass is 378 g/mol. The molecule has 1 aromatic rings. The summed E-state index contributed by atoms with van der Waals surface area (Å²) in [6.07, 6.45) is 6.23. The Labute approximate surface area is 159 Å². The molecule has 0 saturated heterocycles. The summed E-state index contributed by atoms with van der Waals surface area (Å²) in [6, 6.07) is 4.14. The summed E-state index contributed by atoms with van der Waals surface area (Å²) in [5, 5.41) is 6.69. The van der Waals surface area contributed by atoms with Crippen LogP contribution in [-0.2, 0) is 10.2 Å². The maximum Gasteiger partial charge on any atom is 0.243 e. The molecule has 2 fully saturated rings. The molecule has 1 amide bonds. The molecule has 0 atom stereocenters. The molecule has 3 rings (SSSR count). The molecule has 148 valence electrons. The predicted octanol–water partition coefficient (Wildman–Crippen LogP) is 2.56. The zero-order valence-electron chi connectivity index (χ0n) is 16.0. The van der Waals surface area contributed by atoms with Crippen LogP contribution in [0.15, 0.2) is 23.2 Å². The van der Waals surface area contributed by atoms with Crippen molar-refractivity contribution in [1.29, 1.82) is 0 Å². The number of amides is 1. The Morgan fingerprint density at radius 2 is 1.96 bits per heavy atom. The number of hydrogen-bond acceptors (Lipinski definition) is 2. The minimum atomic E-state index is -0.563. The average molecular weight is 378 g/mol. The van der Waals surface area contributed by atoms with E-state index in [1.54, 1.807) is 14.1 Å². The quantitative estimate of drug-likeness (QED) is 0.591. The molecule has 1 aromatic carbocycles. The van der Waals surface area contributed by atoms with E-state index in [1.807, 2.05) is 0 Å². The number of carbonyl (C=O) groups excluding carboxylic acids is 1. The third-order valence-electron chi connectivity index (χ3n) is 5.52. The molecule has 0 aliphatic heterocycles. The Kier molecular flexibility index (Phi) is 5.97. The van der Waals surface area contributed by atoms with Gasteiger partial charge in [-0.05, 0) is 37.3 Å². The summed E-state index contributed by atoms with van der Waals surface area (Å²) in [4.78, 5) is 17.8. The first-order valence-corrected chi connectivity index (χ1v) is 9.60. The summed E-state index contributed by atoms with van der Waals surface area (Å²) in [7, 11) is 3.40. The van der Waals surface area contributed by atoms with Gasteiger partial charge in [0.25, 0.3) is 0 Å². The van der Waals surface area contributed by atoms with Crippen molar-refractivity contribution < 1.29 is 13.6 Å². The second-order valence-corrected chi connectivity index (χ2v) is 7.84. The lowest BCUT2D eigenvalue weighted by molar-refractivity contribution is -0.127. The van der Waals surface area contributed by atoms with Crippen LogP contribution < -0.4 is 10.6 Å². The molecule has 27 heavy (non-hydrogen) atoms. The molecular formula is C20H28F2N4O. The fraction of sp³-hybridized carbons (Fsp3) is 0.600. The standard InChI is InChI=1S/C20H28F2N4O/c1-26(2)18(27)12-23-19(25-15-5-3-4-6-15)24-13-20(9-10-20)16-8-7-14(21)11-17(16)22/h7-8,11,15H,3-6,9-10,12-13H2,1-2H3,(H2,23,24,25). The molecule has 0 radical (unpaired) electrons. The first-order chi connectivity index (χ1) is 12.9. The number of nitrogens with zero attached hydrogens (tertiary/aromatic N) is 2. The molecule has 0 heterocycles. The maximum atomic E-state index is 14.2. The third kappa shape index (κ3) is 4.96. The summed E-state index contributed by atoms with van der Waals surface area (Å²) in [5.41, 5.74) is 0.211. The van der Waals surface area contributed by atoms with E-state index in [4.69, 9.17) is 0 Å². The number of rotatable bonds is 6. The maximum absolute atomic E-state index is 14.2. The summed E-state index contributed by atoms with van der Waals surface area (Å²) >= 11 is 0. The van der Waals surface area contributed by atoms with E-state index in [-0.39, 0.29) is 17.9 Å². The Balaban J connectivity index is 1.67. The van der Waals surface area contributed by atoms with Crippen molar-refractivity contribution in [3.63, 3.8) is 0 Å². The molecule has 0 bridgehead atoms. The van der Waals surface area contributed by atoms with Crippen LogP contribution in [0.5, 0.6) is 0 Å². The molecule has 5 nitrogen and oxygen atoms in total. The van der Waals surface area contributed by atoms with Crippen molar-refractivity contribution in [3.8, 4) is 0 Å². The molecule has 2 N–H and O–H groups in total. The third-order valence-corrected chi connectivity index (χ3v) is 5.52. The lowest BCUT2D eigenvalue weighted by Gasteiger charge is -2.22. The van der Waals surface area contributed by atoms with Gasteiger partial charge in [-0.15, -0.1) is 0 Å². The topological polar surface area (TPSA) is 56.7 Å². The van der Waals surface area contributed by atoms with Crippen LogP contribution >= 0.6 is 0 Å². The van der Waals surface area contributed by atoms with Crippen molar-refractivity contribution in [2.45, 2.75) is 50.0 Å². The van der Waals surface area contributed by atoms with E-state index in [9.17, 15) is 13.6 Å². The van der Waals surface area contributed by atoms with Crippen LogP contribution in [0, 0.1) is 11.6 Å². The van der Waals surface area contributed by atoms with Crippen LogP contribution in [0.3, 0.4) is 0 Å². The highest BCUT2D eigenvalue weighted by molar-refractivity contribution is 5.85. The van der Waals surface area contributed by atoms with Gasteiger partial charge in [0.05, 0.1) is 0 Å². The lowest BCUT2D eigenvalue weighted by Crippen LogP contribution is -2.45. The highest BCUT2D eigenvalue weighted by Gasteiger charge is 2.46. The smallest absolute Gasteiger partial charge is 0.243 e. The van der Waals surface area contributed by atoms with Gasteiger partial charge in [-0.25, -0.2) is 13.8 Å². The van der Waals surface area contributed by atoms with Crippen LogP contribution in [0.2, 0.25) is 0 Å². The van der Waals surface area contributed by atoms with Gasteiger partial charge >= 0.3 is 0 Å². The van der Waals surface area contributed by atoms with Crippen LogP contribution in [0.1, 0.15) is 44.1 Å². The number of halogens is 2. The Morgan fingerprint density at radius 1 is 1.26 bits per heavy atom. The van der Waals surface area contributed by atoms with Crippen molar-refractivity contribution in [2.75, 3.05) is 27.2 Å². The second kappa shape index (κ2) is 8.23. The van der Waals surface area contributed by atoms with Crippen molar-refractivity contribution >= 4 is 11.9 Å². The summed E-state index contributed by atoms with van der Waals surface area (Å²) < 4.78 is 27.4. The van der Waals surface area contributed by atoms with Gasteiger partial charge in [0.2, 0.25) is 5.91 Å². The van der Waals surface area contributed by atoms with Gasteiger partial charge in [0.15, 0.2) is 5.96 Å². The predicted molar refractivity (Wildman–Crippen MR) is 102 cm³/mol. The van der Waals surface area contributed by atoms with E-state index in [2.05, 4.69) is 15.6 Å². The van der Waals surface area contributed by atoms with E-state index >= 15 is 0 Å². The second-order valence-electron chi connectivity index (χ2n) is 7.84. The minimum Gasteiger partial charge on any atom is -0.355 e. The van der Waals surface area contributed by atoms with E-state index < -0.39 is 11.6 Å². The van der Waals surface area contributed by atoms with Gasteiger partial charge in [-0.3, -0.25) is 4.79 Å². The largest absolute Gasteiger partial charge is 0.355 e. The van der Waals surface area contributed by atoms with Gasteiger partial charge < -0.3 is 15.5 Å². The molecule has 2 aliphatic carbocycles. The molecule has 2 saturated carbocycles. The molecule has 0 aromatic heterocycles. The first kappa shape index (κ1) is 19.6. The van der Waals surface area contributed by atoms with Crippen molar-refractivity contribution in [3.05, 3.63) is 35.4 Å². The molecule has 7 heteroatoms. The van der Waals surface area contributed by atoms with Gasteiger partial charge in [-0.2, -0.15) is 0 Å². The zero-order valence-corrected chi connectivity index (χ0v) is 16.0. The van der Waals surface area contributed by atoms with Crippen molar-refractivity contribution in [2.24, 2.45) is 4.99 Å². The van der Waals surface area contributed by atoms with Gasteiger partial charge in [-0.1, -0.05) is 18.9 Å². The summed E-state index contributed by atoms with van der Waals surface area (Å²) in [6.45, 7) is 0.567. The van der Waals surface area contributed by atoms with E-state index in [0.717, 1.165) is 31.7 Å². The van der Waals surface area contributed by atoms with Gasteiger partial charge in [0.1, 0.15) is 18.2 Å². The first-order valence-electron chi connectivity index (χ1n) is 9.60. The van der Waals surface area contributed by atoms with Gasteiger partial charge in [0, 0.05) is 38.2 Å². The number of aliphatic imine (C=N–C) groups is 1. The van der Waals surface area contributed by atoms with Crippen LogP contribution in [-0.4, -0.2) is 50.0 Å². The number of benzene rings is 1. The number of likely N-dealkylation sites (N-methyl/N-ethyl adjacent to an activating group) is 1. The fourth-order valence-corrected chi connectivity index (χ4v) is 3.57. The highest BCUT2D eigenvalue weighted by Crippen LogP contribution is 2.48. The number of guanidine groups is 1. The number of carbonyl (C=O) groups is 1. The minimum absolute atomic E-state index is 0.0625. The number of hydrogen-bond donors (Lipinski definition) is 2. The lowest BCUT2D eigenvalue weighted by atomic mass is 9.95. The average Bonchev–Trinajstić information content (AvgIpc) is 3.22. The Bertz CT molecular complexity index is 710. The normalized spacial score (nSPS) is 19.0. The number of nitrogens with one attached hydrogen (secondary N) is 2. The SMILES string of the molecule is CN(C)C(=O)CN=C(NCC1(c2ccc(F)cc2F)CC1)NC1CCCC1. The molecule has 0 unspecified atom stereocenters. The Morgan fingerprint density at radius 3 is 2.56 bits per heavy atom. The van der Waals surface area contributed by atoms with Crippen LogP contribution in [0.25, 0.3) is 0 Å². The fourth-order valence-electron chi connectivity index (χ4n) is 3.57. The molecular weight excluding hydrogens is 350 g/mol. The van der Waals surface area contributed by atoms with Crippen molar-refractivity contribution in [1.82, 2.24) is 15.5 Å². The zero-order chi connectivity index (χ0) is 19.4. The summed E-state index contributed by atoms with van der Waals surface area (Å²) in [5.74, 6) is -0.550. The molecule has 0 spiro atoms.